The van der Waals surface area contributed by atoms with Gasteiger partial charge in [-0.15, -0.1) is 35.3 Å². The molecule has 6 nitrogen and oxygen atoms in total. The van der Waals surface area contributed by atoms with Crippen molar-refractivity contribution in [1.29, 1.82) is 0 Å². The molecule has 27 heavy (non-hydrogen) atoms. The van der Waals surface area contributed by atoms with Crippen LogP contribution in [-0.2, 0) is 12.0 Å². The van der Waals surface area contributed by atoms with Crippen molar-refractivity contribution in [3.63, 3.8) is 0 Å². The minimum absolute atomic E-state index is 0. The molecule has 1 aliphatic carbocycles. The summed E-state index contributed by atoms with van der Waals surface area (Å²) in [4.78, 5) is 16.9. The molecule has 8 heteroatoms. The molecule has 0 saturated heterocycles. The van der Waals surface area contributed by atoms with E-state index < -0.39 is 5.91 Å². The maximum absolute atomic E-state index is 11.1. The Morgan fingerprint density at radius 1 is 1.26 bits per heavy atom. The van der Waals surface area contributed by atoms with E-state index in [0.717, 1.165) is 12.5 Å². The standard InChI is InChI=1S/C19H26N4O2S.HI/c1-21-18(22-12-14-7-8-15(25-14)17(20)24)23-13-19(9-3-2-4-10-19)16-6-5-11-26-16;/h5-8,11H,2-4,9-10,12-13H2,1H3,(H2,20,24)(H2,21,22,23);1H. The van der Waals surface area contributed by atoms with Gasteiger partial charge in [0.25, 0.3) is 5.91 Å². The molecule has 148 valence electrons. The fraction of sp³-hybridized carbons (Fsp3) is 0.474. The van der Waals surface area contributed by atoms with E-state index in [1.54, 1.807) is 19.2 Å². The Hall–Kier alpha value is -1.55. The molecule has 1 aliphatic rings. The molecule has 1 saturated carbocycles. The van der Waals surface area contributed by atoms with Crippen LogP contribution in [0.25, 0.3) is 0 Å². The Morgan fingerprint density at radius 3 is 2.63 bits per heavy atom. The fourth-order valence-corrected chi connectivity index (χ4v) is 4.56. The van der Waals surface area contributed by atoms with Gasteiger partial charge in [0.05, 0.1) is 6.54 Å². The van der Waals surface area contributed by atoms with Crippen molar-refractivity contribution in [2.24, 2.45) is 10.7 Å². The first-order valence-electron chi connectivity index (χ1n) is 9.00. The molecule has 4 N–H and O–H groups in total. The van der Waals surface area contributed by atoms with Crippen LogP contribution < -0.4 is 16.4 Å². The van der Waals surface area contributed by atoms with Crippen LogP contribution in [0.5, 0.6) is 0 Å². The lowest BCUT2D eigenvalue weighted by molar-refractivity contribution is 0.0972. The topological polar surface area (TPSA) is 92.6 Å². The van der Waals surface area contributed by atoms with Crippen LogP contribution in [-0.4, -0.2) is 25.5 Å². The molecule has 0 unspecified atom stereocenters. The molecular weight excluding hydrogens is 475 g/mol. The predicted molar refractivity (Wildman–Crippen MR) is 120 cm³/mol. The summed E-state index contributed by atoms with van der Waals surface area (Å²) in [5.41, 5.74) is 5.40. The number of hydrogen-bond acceptors (Lipinski definition) is 4. The van der Waals surface area contributed by atoms with Gasteiger partial charge in [-0.25, -0.2) is 0 Å². The van der Waals surface area contributed by atoms with Crippen molar-refractivity contribution in [3.8, 4) is 0 Å². The minimum Gasteiger partial charge on any atom is -0.454 e. The van der Waals surface area contributed by atoms with Gasteiger partial charge in [0.1, 0.15) is 5.76 Å². The molecule has 2 heterocycles. The maximum atomic E-state index is 11.1. The number of primary amides is 1. The molecule has 0 aliphatic heterocycles. The summed E-state index contributed by atoms with van der Waals surface area (Å²) in [6.07, 6.45) is 6.28. The van der Waals surface area contributed by atoms with Gasteiger partial charge in [-0.3, -0.25) is 9.79 Å². The number of amides is 1. The van der Waals surface area contributed by atoms with E-state index in [2.05, 4.69) is 33.1 Å². The molecule has 0 atom stereocenters. The number of nitrogens with zero attached hydrogens (tertiary/aromatic N) is 1. The lowest BCUT2D eigenvalue weighted by Gasteiger charge is -2.37. The van der Waals surface area contributed by atoms with Crippen LogP contribution in [0.3, 0.4) is 0 Å². The summed E-state index contributed by atoms with van der Waals surface area (Å²) >= 11 is 1.84. The van der Waals surface area contributed by atoms with Crippen molar-refractivity contribution >= 4 is 47.2 Å². The average molecular weight is 502 g/mol. The average Bonchev–Trinajstić information content (AvgIpc) is 3.35. The zero-order chi connectivity index (χ0) is 18.4. The van der Waals surface area contributed by atoms with Gasteiger partial charge in [0.2, 0.25) is 0 Å². The highest BCUT2D eigenvalue weighted by atomic mass is 127. The van der Waals surface area contributed by atoms with Crippen molar-refractivity contribution in [3.05, 3.63) is 46.0 Å². The second-order valence-electron chi connectivity index (χ2n) is 6.73. The largest absolute Gasteiger partial charge is 0.454 e. The van der Waals surface area contributed by atoms with Crippen molar-refractivity contribution < 1.29 is 9.21 Å². The van der Waals surface area contributed by atoms with Gasteiger partial charge in [-0.05, 0) is 36.4 Å². The summed E-state index contributed by atoms with van der Waals surface area (Å²) in [6, 6.07) is 7.72. The van der Waals surface area contributed by atoms with Gasteiger partial charge in [0.15, 0.2) is 11.7 Å². The van der Waals surface area contributed by atoms with Crippen LogP contribution >= 0.6 is 35.3 Å². The van der Waals surface area contributed by atoms with Crippen molar-refractivity contribution in [1.82, 2.24) is 10.6 Å². The summed E-state index contributed by atoms with van der Waals surface area (Å²) in [6.45, 7) is 1.30. The minimum atomic E-state index is -0.561. The van der Waals surface area contributed by atoms with Gasteiger partial charge in [-0.2, -0.15) is 0 Å². The highest BCUT2D eigenvalue weighted by Crippen LogP contribution is 2.41. The number of carbonyl (C=O) groups is 1. The van der Waals surface area contributed by atoms with E-state index in [1.807, 2.05) is 11.3 Å². The normalized spacial score (nSPS) is 16.4. The highest BCUT2D eigenvalue weighted by Gasteiger charge is 2.34. The monoisotopic (exact) mass is 502 g/mol. The number of nitrogens with two attached hydrogens (primary N) is 1. The summed E-state index contributed by atoms with van der Waals surface area (Å²) in [7, 11) is 1.75. The molecule has 0 bridgehead atoms. The van der Waals surface area contributed by atoms with Gasteiger partial charge in [0, 0.05) is 23.9 Å². The quantitative estimate of drug-likeness (QED) is 0.320. The Kier molecular flexibility index (Phi) is 8.15. The zero-order valence-electron chi connectivity index (χ0n) is 15.5. The first kappa shape index (κ1) is 21.7. The molecule has 3 rings (SSSR count). The van der Waals surface area contributed by atoms with Gasteiger partial charge in [-0.1, -0.05) is 25.3 Å². The molecule has 0 aromatic carbocycles. The van der Waals surface area contributed by atoms with Crippen molar-refractivity contribution in [2.75, 3.05) is 13.6 Å². The molecule has 2 aromatic heterocycles. The van der Waals surface area contributed by atoms with Crippen LogP contribution in [0.1, 0.15) is 53.3 Å². The first-order chi connectivity index (χ1) is 12.6. The van der Waals surface area contributed by atoms with E-state index >= 15 is 0 Å². The Labute approximate surface area is 181 Å². The van der Waals surface area contributed by atoms with Crippen molar-refractivity contribution in [2.45, 2.75) is 44.1 Å². The molecule has 1 fully saturated rings. The molecule has 0 spiro atoms. The Balaban J connectivity index is 0.00000261. The number of nitrogens with one attached hydrogen (secondary N) is 2. The van der Waals surface area contributed by atoms with E-state index in [-0.39, 0.29) is 35.2 Å². The van der Waals surface area contributed by atoms with E-state index in [9.17, 15) is 4.79 Å². The number of furan rings is 1. The number of rotatable bonds is 6. The maximum Gasteiger partial charge on any atom is 0.284 e. The van der Waals surface area contributed by atoms with E-state index in [0.29, 0.717) is 12.3 Å². The highest BCUT2D eigenvalue weighted by molar-refractivity contribution is 14.0. The molecule has 0 radical (unpaired) electrons. The number of aliphatic imine (C=N–C) groups is 1. The lowest BCUT2D eigenvalue weighted by atomic mass is 9.73. The zero-order valence-corrected chi connectivity index (χ0v) is 18.6. The summed E-state index contributed by atoms with van der Waals surface area (Å²) in [5.74, 6) is 0.980. The smallest absolute Gasteiger partial charge is 0.284 e. The second kappa shape index (κ2) is 10.1. The van der Waals surface area contributed by atoms with E-state index in [1.165, 1.54) is 37.0 Å². The first-order valence-corrected chi connectivity index (χ1v) is 9.88. The third-order valence-electron chi connectivity index (χ3n) is 5.01. The molecule has 2 aromatic rings. The Morgan fingerprint density at radius 2 is 2.04 bits per heavy atom. The predicted octanol–water partition coefficient (Wildman–Crippen LogP) is 3.63. The summed E-state index contributed by atoms with van der Waals surface area (Å²) in [5, 5.41) is 8.88. The van der Waals surface area contributed by atoms with Crippen LogP contribution in [0.4, 0.5) is 0 Å². The third kappa shape index (κ3) is 5.47. The lowest BCUT2D eigenvalue weighted by Crippen LogP contribution is -2.46. The molecule has 1 amide bonds. The number of thiophene rings is 1. The number of halogens is 1. The number of hydrogen-bond donors (Lipinski definition) is 3. The van der Waals surface area contributed by atoms with Gasteiger partial charge >= 0.3 is 0 Å². The Bertz CT molecular complexity index is 752. The van der Waals surface area contributed by atoms with E-state index in [4.69, 9.17) is 10.2 Å². The molecular formula is C19H27IN4O2S. The van der Waals surface area contributed by atoms with Crippen LogP contribution in [0.2, 0.25) is 0 Å². The van der Waals surface area contributed by atoms with Crippen LogP contribution in [0.15, 0.2) is 39.1 Å². The summed E-state index contributed by atoms with van der Waals surface area (Å²) < 4.78 is 5.40. The SMILES string of the molecule is CN=C(NCc1ccc(C(N)=O)o1)NCC1(c2cccs2)CCCCC1.I. The van der Waals surface area contributed by atoms with Gasteiger partial charge < -0.3 is 20.8 Å². The third-order valence-corrected chi connectivity index (χ3v) is 6.12. The van der Waals surface area contributed by atoms with Crippen LogP contribution in [0, 0.1) is 0 Å². The second-order valence-corrected chi connectivity index (χ2v) is 7.68. The number of carbonyl (C=O) groups excluding carboxylic acids is 1. The number of guanidine groups is 1. The fourth-order valence-electron chi connectivity index (χ4n) is 3.57.